The van der Waals surface area contributed by atoms with E-state index in [-0.39, 0.29) is 5.75 Å². The summed E-state index contributed by atoms with van der Waals surface area (Å²) in [7, 11) is 1.79. The molecule has 6 heteroatoms. The van der Waals surface area contributed by atoms with Crippen LogP contribution in [0.2, 0.25) is 0 Å². The monoisotopic (exact) mass is 253 g/mol. The summed E-state index contributed by atoms with van der Waals surface area (Å²) in [5, 5.41) is 13.9. The van der Waals surface area contributed by atoms with Gasteiger partial charge >= 0.3 is 0 Å². The molecule has 0 saturated carbocycles. The van der Waals surface area contributed by atoms with Gasteiger partial charge in [-0.15, -0.1) is 5.10 Å². The summed E-state index contributed by atoms with van der Waals surface area (Å²) in [4.78, 5) is 12.7. The molecule has 0 radical (unpaired) electrons. The number of nitrogens with zero attached hydrogens (tertiary/aromatic N) is 5. The van der Waals surface area contributed by atoms with Crippen LogP contribution >= 0.6 is 0 Å². The molecule has 94 valence electrons. The number of phenols is 1. The molecule has 3 rings (SSSR count). The van der Waals surface area contributed by atoms with Crippen LogP contribution in [0.25, 0.3) is 11.2 Å². The summed E-state index contributed by atoms with van der Waals surface area (Å²) in [6, 6.07) is 6.97. The van der Waals surface area contributed by atoms with Crippen molar-refractivity contribution in [3.63, 3.8) is 0 Å². The van der Waals surface area contributed by atoms with Gasteiger partial charge in [-0.1, -0.05) is 12.1 Å². The summed E-state index contributed by atoms with van der Waals surface area (Å²) in [6.45, 7) is 0. The number of rotatable bonds is 2. The van der Waals surface area contributed by atoms with Gasteiger partial charge < -0.3 is 5.11 Å². The highest BCUT2D eigenvalue weighted by Crippen LogP contribution is 2.21. The molecule has 1 N–H and O–H groups in total. The largest absolute Gasteiger partial charge is 0.507 e. The number of phenolic OH excluding ortho intramolecular Hbond substituents is 1. The average Bonchev–Trinajstić information content (AvgIpc) is 2.75. The van der Waals surface area contributed by atoms with E-state index in [0.29, 0.717) is 22.5 Å². The van der Waals surface area contributed by atoms with Crippen molar-refractivity contribution in [1.82, 2.24) is 19.7 Å². The van der Waals surface area contributed by atoms with E-state index < -0.39 is 0 Å². The van der Waals surface area contributed by atoms with Crippen LogP contribution < -0.4 is 0 Å². The minimum atomic E-state index is 0.178. The van der Waals surface area contributed by atoms with Crippen molar-refractivity contribution in [2.24, 2.45) is 12.0 Å². The zero-order valence-corrected chi connectivity index (χ0v) is 10.2. The van der Waals surface area contributed by atoms with Crippen molar-refractivity contribution in [2.45, 2.75) is 0 Å². The molecule has 2 heterocycles. The molecule has 0 amide bonds. The molecule has 1 aromatic carbocycles. The number of aliphatic imine (C=N–C) groups is 1. The highest BCUT2D eigenvalue weighted by atomic mass is 16.3. The third kappa shape index (κ3) is 2.03. The molecule has 0 aliphatic carbocycles. The van der Waals surface area contributed by atoms with Crippen molar-refractivity contribution < 1.29 is 5.11 Å². The number of benzene rings is 1. The first-order chi connectivity index (χ1) is 9.25. The van der Waals surface area contributed by atoms with Crippen LogP contribution in [0.4, 0.5) is 5.82 Å². The van der Waals surface area contributed by atoms with Gasteiger partial charge in [0.1, 0.15) is 5.75 Å². The lowest BCUT2D eigenvalue weighted by Gasteiger charge is -1.95. The maximum atomic E-state index is 9.66. The molecule has 0 aliphatic heterocycles. The van der Waals surface area contributed by atoms with Crippen molar-refractivity contribution in [3.8, 4) is 5.75 Å². The Morgan fingerprint density at radius 1 is 1.21 bits per heavy atom. The van der Waals surface area contributed by atoms with Crippen LogP contribution in [0, 0.1) is 0 Å². The Morgan fingerprint density at radius 3 is 2.84 bits per heavy atom. The second kappa shape index (κ2) is 4.49. The third-order valence-electron chi connectivity index (χ3n) is 2.70. The van der Waals surface area contributed by atoms with E-state index in [0.717, 1.165) is 0 Å². The van der Waals surface area contributed by atoms with Gasteiger partial charge in [0.15, 0.2) is 11.2 Å². The van der Waals surface area contributed by atoms with Gasteiger partial charge in [-0.25, -0.2) is 19.6 Å². The van der Waals surface area contributed by atoms with Crippen LogP contribution in [-0.4, -0.2) is 31.1 Å². The number of aromatic hydroxyl groups is 1. The molecule has 6 nitrogen and oxygen atoms in total. The number of hydrogen-bond donors (Lipinski definition) is 1. The van der Waals surface area contributed by atoms with Gasteiger partial charge in [0.2, 0.25) is 5.82 Å². The zero-order valence-electron chi connectivity index (χ0n) is 10.2. The Morgan fingerprint density at radius 2 is 2.00 bits per heavy atom. The highest BCUT2D eigenvalue weighted by molar-refractivity contribution is 5.89. The molecule has 0 atom stereocenters. The first kappa shape index (κ1) is 11.3. The van der Waals surface area contributed by atoms with E-state index in [4.69, 9.17) is 0 Å². The molecule has 2 aromatic heterocycles. The zero-order chi connectivity index (χ0) is 13.2. The van der Waals surface area contributed by atoms with Crippen LogP contribution in [0.3, 0.4) is 0 Å². The summed E-state index contributed by atoms with van der Waals surface area (Å²) in [5.41, 5.74) is 1.94. The Kier molecular flexibility index (Phi) is 2.68. The maximum Gasteiger partial charge on any atom is 0.202 e. The van der Waals surface area contributed by atoms with E-state index in [1.165, 1.54) is 0 Å². The first-order valence-electron chi connectivity index (χ1n) is 5.71. The van der Waals surface area contributed by atoms with Gasteiger partial charge in [0.25, 0.3) is 0 Å². The van der Waals surface area contributed by atoms with E-state index in [9.17, 15) is 5.11 Å². The Bertz CT molecular complexity index is 763. The van der Waals surface area contributed by atoms with Gasteiger partial charge in [0, 0.05) is 31.2 Å². The smallest absolute Gasteiger partial charge is 0.202 e. The predicted octanol–water partition coefficient (Wildman–Crippen LogP) is 1.82. The van der Waals surface area contributed by atoms with E-state index in [1.807, 2.05) is 6.07 Å². The lowest BCUT2D eigenvalue weighted by Crippen LogP contribution is -1.91. The molecule has 0 spiro atoms. The number of fused-ring (bicyclic) bond motifs is 1. The van der Waals surface area contributed by atoms with Gasteiger partial charge in [-0.05, 0) is 12.1 Å². The van der Waals surface area contributed by atoms with Crippen LogP contribution in [0.15, 0.2) is 41.7 Å². The minimum absolute atomic E-state index is 0.178. The standard InChI is InChI=1S/C13H11N5O/c1-18-13-11(14-6-7-15-13)12(17-18)16-8-9-4-2-3-5-10(9)19/h2-8,19H,1H3. The Balaban J connectivity index is 2.05. The number of hydrogen-bond acceptors (Lipinski definition) is 5. The maximum absolute atomic E-state index is 9.66. The summed E-state index contributed by atoms with van der Waals surface area (Å²) >= 11 is 0. The molecule has 19 heavy (non-hydrogen) atoms. The summed E-state index contributed by atoms with van der Waals surface area (Å²) < 4.78 is 1.62. The van der Waals surface area contributed by atoms with Gasteiger partial charge in [-0.3, -0.25) is 0 Å². The molecule has 0 bridgehead atoms. The van der Waals surface area contributed by atoms with Crippen molar-refractivity contribution >= 4 is 23.2 Å². The predicted molar refractivity (Wildman–Crippen MR) is 71.7 cm³/mol. The Labute approximate surface area is 109 Å². The van der Waals surface area contributed by atoms with Crippen LogP contribution in [0.1, 0.15) is 5.56 Å². The minimum Gasteiger partial charge on any atom is -0.507 e. The summed E-state index contributed by atoms with van der Waals surface area (Å²) in [6.07, 6.45) is 4.77. The fraction of sp³-hybridized carbons (Fsp3) is 0.0769. The molecule has 0 saturated heterocycles. The van der Waals surface area contributed by atoms with E-state index >= 15 is 0 Å². The van der Waals surface area contributed by atoms with E-state index in [2.05, 4.69) is 20.1 Å². The second-order valence-electron chi connectivity index (χ2n) is 3.99. The molecule has 3 aromatic rings. The first-order valence-corrected chi connectivity index (χ1v) is 5.71. The third-order valence-corrected chi connectivity index (χ3v) is 2.70. The SMILES string of the molecule is Cn1nc(N=Cc2ccccc2O)c2nccnc21. The van der Waals surface area contributed by atoms with Crippen molar-refractivity contribution in [1.29, 1.82) is 0 Å². The average molecular weight is 253 g/mol. The highest BCUT2D eigenvalue weighted by Gasteiger charge is 2.08. The number of aryl methyl sites for hydroxylation is 1. The lowest BCUT2D eigenvalue weighted by molar-refractivity contribution is 0.474. The molecular formula is C13H11N5O. The number of para-hydroxylation sites is 1. The van der Waals surface area contributed by atoms with Crippen molar-refractivity contribution in [2.75, 3.05) is 0 Å². The van der Waals surface area contributed by atoms with Crippen molar-refractivity contribution in [3.05, 3.63) is 42.2 Å². The molecular weight excluding hydrogens is 242 g/mol. The molecule has 0 unspecified atom stereocenters. The Hall–Kier alpha value is -2.76. The topological polar surface area (TPSA) is 76.2 Å². The summed E-state index contributed by atoms with van der Waals surface area (Å²) in [5.74, 6) is 0.659. The fourth-order valence-corrected chi connectivity index (χ4v) is 1.78. The van der Waals surface area contributed by atoms with Gasteiger partial charge in [0.05, 0.1) is 0 Å². The second-order valence-corrected chi connectivity index (χ2v) is 3.99. The van der Waals surface area contributed by atoms with Crippen LogP contribution in [0.5, 0.6) is 5.75 Å². The molecule has 0 fully saturated rings. The number of aromatic nitrogens is 4. The fourth-order valence-electron chi connectivity index (χ4n) is 1.78. The normalized spacial score (nSPS) is 11.4. The van der Waals surface area contributed by atoms with Gasteiger partial charge in [-0.2, -0.15) is 0 Å². The quantitative estimate of drug-likeness (QED) is 0.707. The molecule has 0 aliphatic rings. The van der Waals surface area contributed by atoms with Crippen LogP contribution in [-0.2, 0) is 7.05 Å². The van der Waals surface area contributed by atoms with E-state index in [1.54, 1.807) is 48.5 Å². The lowest BCUT2D eigenvalue weighted by atomic mass is 10.2.